The predicted molar refractivity (Wildman–Crippen MR) is 75.5 cm³/mol. The van der Waals surface area contributed by atoms with E-state index in [0.29, 0.717) is 0 Å². The van der Waals surface area contributed by atoms with E-state index >= 15 is 0 Å². The highest BCUT2D eigenvalue weighted by Gasteiger charge is 2.08. The maximum absolute atomic E-state index is 5.22. The van der Waals surface area contributed by atoms with Crippen LogP contribution in [0.5, 0.6) is 5.75 Å². The smallest absolute Gasteiger partial charge is 0.133 e. The zero-order valence-corrected chi connectivity index (χ0v) is 12.5. The van der Waals surface area contributed by atoms with Gasteiger partial charge in [-0.05, 0) is 47.0 Å². The van der Waals surface area contributed by atoms with Gasteiger partial charge >= 0.3 is 0 Å². The maximum Gasteiger partial charge on any atom is 0.133 e. The fourth-order valence-electron chi connectivity index (χ4n) is 1.58. The van der Waals surface area contributed by atoms with Gasteiger partial charge in [-0.2, -0.15) is 0 Å². The molecule has 0 radical (unpaired) electrons. The highest BCUT2D eigenvalue weighted by atomic mass is 79.9. The average molecular weight is 303 g/mol. The summed E-state index contributed by atoms with van der Waals surface area (Å²) in [7, 11) is 1.69. The van der Waals surface area contributed by atoms with E-state index in [9.17, 15) is 0 Å². The normalized spacial score (nSPS) is 12.5. The van der Waals surface area contributed by atoms with Crippen LogP contribution in [0.3, 0.4) is 0 Å². The van der Waals surface area contributed by atoms with Crippen LogP contribution in [0.15, 0.2) is 27.6 Å². The molecule has 3 heteroatoms. The Kier molecular flexibility index (Phi) is 6.29. The number of ether oxygens (including phenoxy) is 1. The van der Waals surface area contributed by atoms with Gasteiger partial charge < -0.3 is 4.74 Å². The molecule has 0 aliphatic heterocycles. The monoisotopic (exact) mass is 302 g/mol. The zero-order valence-electron chi connectivity index (χ0n) is 10.1. The molecule has 1 aromatic carbocycles. The first kappa shape index (κ1) is 13.9. The first-order valence-corrected chi connectivity index (χ1v) is 7.38. The first-order chi connectivity index (χ1) is 7.71. The summed E-state index contributed by atoms with van der Waals surface area (Å²) >= 11 is 5.48. The summed E-state index contributed by atoms with van der Waals surface area (Å²) in [5, 5.41) is 0.727. The van der Waals surface area contributed by atoms with Gasteiger partial charge in [-0.3, -0.25) is 0 Å². The lowest BCUT2D eigenvalue weighted by atomic mass is 10.2. The van der Waals surface area contributed by atoms with Crippen LogP contribution in [0.2, 0.25) is 0 Å². The minimum absolute atomic E-state index is 0.727. The van der Waals surface area contributed by atoms with Gasteiger partial charge in [0, 0.05) is 10.1 Å². The first-order valence-electron chi connectivity index (χ1n) is 5.71. The highest BCUT2D eigenvalue weighted by Crippen LogP contribution is 2.33. The molecule has 16 heavy (non-hydrogen) atoms. The molecule has 0 saturated heterocycles. The van der Waals surface area contributed by atoms with E-state index in [4.69, 9.17) is 4.74 Å². The Morgan fingerprint density at radius 2 is 2.12 bits per heavy atom. The molecule has 0 bridgehead atoms. The van der Waals surface area contributed by atoms with Crippen LogP contribution < -0.4 is 4.74 Å². The second-order valence-electron chi connectivity index (χ2n) is 3.73. The zero-order chi connectivity index (χ0) is 12.0. The maximum atomic E-state index is 5.22. The molecule has 0 saturated carbocycles. The molecule has 0 spiro atoms. The molecule has 0 fully saturated rings. The Bertz CT molecular complexity index is 328. The molecule has 0 amide bonds. The molecular formula is C13H19BrOS. The van der Waals surface area contributed by atoms with Gasteiger partial charge in [-0.1, -0.05) is 20.3 Å². The van der Waals surface area contributed by atoms with E-state index in [0.717, 1.165) is 15.5 Å². The van der Waals surface area contributed by atoms with Crippen molar-refractivity contribution in [3.05, 3.63) is 22.7 Å². The van der Waals surface area contributed by atoms with E-state index in [1.807, 2.05) is 17.8 Å². The minimum atomic E-state index is 0.727. The molecule has 0 heterocycles. The number of rotatable bonds is 6. The molecule has 0 aliphatic carbocycles. The molecule has 90 valence electrons. The van der Waals surface area contributed by atoms with Crippen LogP contribution in [0.25, 0.3) is 0 Å². The van der Waals surface area contributed by atoms with E-state index in [-0.39, 0.29) is 0 Å². The van der Waals surface area contributed by atoms with E-state index in [1.165, 1.54) is 24.2 Å². The molecule has 0 aromatic heterocycles. The third-order valence-electron chi connectivity index (χ3n) is 2.49. The van der Waals surface area contributed by atoms with Crippen molar-refractivity contribution in [2.75, 3.05) is 7.11 Å². The summed E-state index contributed by atoms with van der Waals surface area (Å²) in [6, 6.07) is 6.29. The van der Waals surface area contributed by atoms with E-state index in [2.05, 4.69) is 41.9 Å². The molecular weight excluding hydrogens is 284 g/mol. The van der Waals surface area contributed by atoms with Gasteiger partial charge in [0.2, 0.25) is 0 Å². The van der Waals surface area contributed by atoms with Crippen molar-refractivity contribution in [3.63, 3.8) is 0 Å². The molecule has 1 unspecified atom stereocenters. The fourth-order valence-corrected chi connectivity index (χ4v) is 3.51. The predicted octanol–water partition coefficient (Wildman–Crippen LogP) is 5.13. The Morgan fingerprint density at radius 1 is 1.38 bits per heavy atom. The van der Waals surface area contributed by atoms with Crippen molar-refractivity contribution < 1.29 is 4.74 Å². The summed E-state index contributed by atoms with van der Waals surface area (Å²) in [5.74, 6) is 0.896. The quantitative estimate of drug-likeness (QED) is 0.674. The molecule has 0 N–H and O–H groups in total. The third kappa shape index (κ3) is 4.02. The van der Waals surface area contributed by atoms with Gasteiger partial charge in [-0.25, -0.2) is 0 Å². The topological polar surface area (TPSA) is 9.23 Å². The van der Waals surface area contributed by atoms with Gasteiger partial charge in [0.15, 0.2) is 0 Å². The molecule has 1 aromatic rings. The van der Waals surface area contributed by atoms with Crippen LogP contribution in [0.1, 0.15) is 33.1 Å². The number of thioether (sulfide) groups is 1. The number of benzene rings is 1. The number of hydrogen-bond acceptors (Lipinski definition) is 2. The summed E-state index contributed by atoms with van der Waals surface area (Å²) in [6.07, 6.45) is 3.76. The lowest BCUT2D eigenvalue weighted by molar-refractivity contribution is 0.412. The standard InChI is InChI=1S/C13H19BrOS/c1-4-6-10(5-2)16-11-7-8-13(15-3)12(14)9-11/h7-10H,4-6H2,1-3H3. The van der Waals surface area contributed by atoms with Crippen LogP contribution in [0, 0.1) is 0 Å². The van der Waals surface area contributed by atoms with Crippen LogP contribution >= 0.6 is 27.7 Å². The van der Waals surface area contributed by atoms with Crippen molar-refractivity contribution in [2.45, 2.75) is 43.3 Å². The van der Waals surface area contributed by atoms with Crippen molar-refractivity contribution in [3.8, 4) is 5.75 Å². The summed E-state index contributed by atoms with van der Waals surface area (Å²) < 4.78 is 6.26. The summed E-state index contributed by atoms with van der Waals surface area (Å²) in [6.45, 7) is 4.50. The Morgan fingerprint density at radius 3 is 2.62 bits per heavy atom. The lowest BCUT2D eigenvalue weighted by Crippen LogP contribution is -1.99. The Balaban J connectivity index is 2.69. The van der Waals surface area contributed by atoms with Gasteiger partial charge in [-0.15, -0.1) is 11.8 Å². The fraction of sp³-hybridized carbons (Fsp3) is 0.538. The molecule has 1 atom stereocenters. The van der Waals surface area contributed by atoms with Crippen molar-refractivity contribution >= 4 is 27.7 Å². The summed E-state index contributed by atoms with van der Waals surface area (Å²) in [5.41, 5.74) is 0. The van der Waals surface area contributed by atoms with Crippen molar-refractivity contribution in [1.82, 2.24) is 0 Å². The van der Waals surface area contributed by atoms with Gasteiger partial charge in [0.25, 0.3) is 0 Å². The molecule has 1 nitrogen and oxygen atoms in total. The van der Waals surface area contributed by atoms with Crippen molar-refractivity contribution in [2.24, 2.45) is 0 Å². The second kappa shape index (κ2) is 7.23. The van der Waals surface area contributed by atoms with E-state index in [1.54, 1.807) is 7.11 Å². The minimum Gasteiger partial charge on any atom is -0.496 e. The average Bonchev–Trinajstić information content (AvgIpc) is 2.28. The Hall–Kier alpha value is -0.150. The lowest BCUT2D eigenvalue weighted by Gasteiger charge is -2.14. The van der Waals surface area contributed by atoms with Crippen LogP contribution in [-0.2, 0) is 0 Å². The highest BCUT2D eigenvalue weighted by molar-refractivity contribution is 9.10. The van der Waals surface area contributed by atoms with Gasteiger partial charge in [0.05, 0.1) is 11.6 Å². The van der Waals surface area contributed by atoms with Crippen LogP contribution in [-0.4, -0.2) is 12.4 Å². The number of methoxy groups -OCH3 is 1. The van der Waals surface area contributed by atoms with Crippen LogP contribution in [0.4, 0.5) is 0 Å². The number of halogens is 1. The number of hydrogen-bond donors (Lipinski definition) is 0. The van der Waals surface area contributed by atoms with E-state index < -0.39 is 0 Å². The van der Waals surface area contributed by atoms with Crippen molar-refractivity contribution in [1.29, 1.82) is 0 Å². The third-order valence-corrected chi connectivity index (χ3v) is 4.54. The second-order valence-corrected chi connectivity index (χ2v) is 5.96. The molecule has 1 rings (SSSR count). The van der Waals surface area contributed by atoms with Gasteiger partial charge in [0.1, 0.15) is 5.75 Å². The summed E-state index contributed by atoms with van der Waals surface area (Å²) in [4.78, 5) is 1.31. The SMILES string of the molecule is CCCC(CC)Sc1ccc(OC)c(Br)c1. The largest absolute Gasteiger partial charge is 0.496 e. The Labute approximate surface area is 111 Å². The molecule has 0 aliphatic rings.